The third kappa shape index (κ3) is 5.67. The Morgan fingerprint density at radius 1 is 0.969 bits per heavy atom. The van der Waals surface area contributed by atoms with Gasteiger partial charge >= 0.3 is 0 Å². The summed E-state index contributed by atoms with van der Waals surface area (Å²) >= 11 is 6.56. The molecule has 32 heavy (non-hydrogen) atoms. The number of morpholine rings is 1. The number of rotatable bonds is 8. The van der Waals surface area contributed by atoms with Gasteiger partial charge in [-0.1, -0.05) is 41.4 Å². The number of benzene rings is 3. The minimum atomic E-state index is 0.458. The lowest BCUT2D eigenvalue weighted by molar-refractivity contribution is 0.122. The van der Waals surface area contributed by atoms with Crippen molar-refractivity contribution in [2.45, 2.75) is 20.1 Å². The van der Waals surface area contributed by atoms with Gasteiger partial charge in [-0.05, 0) is 48.4 Å². The molecule has 168 valence electrons. The van der Waals surface area contributed by atoms with Gasteiger partial charge in [-0.3, -0.25) is 0 Å². The fourth-order valence-electron chi connectivity index (χ4n) is 3.64. The molecule has 6 heteroatoms. The van der Waals surface area contributed by atoms with Crippen LogP contribution in [0.25, 0.3) is 0 Å². The molecule has 0 bridgehead atoms. The van der Waals surface area contributed by atoms with Crippen LogP contribution in [0.1, 0.15) is 16.7 Å². The molecular weight excluding hydrogens is 424 g/mol. The van der Waals surface area contributed by atoms with E-state index >= 15 is 0 Å². The van der Waals surface area contributed by atoms with Crippen LogP contribution in [0.2, 0.25) is 5.02 Å². The Morgan fingerprint density at radius 2 is 1.69 bits per heavy atom. The van der Waals surface area contributed by atoms with Crippen LogP contribution >= 0.6 is 11.6 Å². The first kappa shape index (κ1) is 22.3. The van der Waals surface area contributed by atoms with E-state index in [1.54, 1.807) is 7.11 Å². The average molecular weight is 453 g/mol. The molecule has 1 aliphatic heterocycles. The highest BCUT2D eigenvalue weighted by molar-refractivity contribution is 6.31. The first-order valence-corrected chi connectivity index (χ1v) is 11.2. The van der Waals surface area contributed by atoms with Crippen LogP contribution < -0.4 is 19.7 Å². The second-order valence-electron chi connectivity index (χ2n) is 7.87. The highest BCUT2D eigenvalue weighted by Crippen LogP contribution is 2.34. The summed E-state index contributed by atoms with van der Waals surface area (Å²) < 4.78 is 17.0. The van der Waals surface area contributed by atoms with Gasteiger partial charge in [-0.25, -0.2) is 0 Å². The van der Waals surface area contributed by atoms with Gasteiger partial charge in [0.15, 0.2) is 11.5 Å². The molecule has 0 aromatic heterocycles. The van der Waals surface area contributed by atoms with Crippen LogP contribution in [0.3, 0.4) is 0 Å². The van der Waals surface area contributed by atoms with Crippen LogP contribution in [0.15, 0.2) is 60.7 Å². The van der Waals surface area contributed by atoms with Gasteiger partial charge in [0.05, 0.1) is 20.3 Å². The largest absolute Gasteiger partial charge is 0.493 e. The number of anilines is 2. The van der Waals surface area contributed by atoms with E-state index in [2.05, 4.69) is 65.7 Å². The SMILES string of the molecule is COc1cc(CNc2ccc(N3CCOCC3)cc2)c(Cl)cc1OCc1ccc(C)cc1. The molecule has 0 amide bonds. The third-order valence-electron chi connectivity index (χ3n) is 5.57. The Kier molecular flexibility index (Phi) is 7.40. The molecular formula is C26H29ClN2O3. The lowest BCUT2D eigenvalue weighted by Gasteiger charge is -2.29. The topological polar surface area (TPSA) is 43.0 Å². The lowest BCUT2D eigenvalue weighted by atomic mass is 10.1. The van der Waals surface area contributed by atoms with Crippen LogP contribution in [-0.4, -0.2) is 33.4 Å². The summed E-state index contributed by atoms with van der Waals surface area (Å²) in [6.45, 7) is 6.54. The molecule has 1 saturated heterocycles. The zero-order valence-electron chi connectivity index (χ0n) is 18.6. The van der Waals surface area contributed by atoms with Crippen molar-refractivity contribution in [2.75, 3.05) is 43.6 Å². The van der Waals surface area contributed by atoms with Crippen molar-refractivity contribution in [3.8, 4) is 11.5 Å². The highest BCUT2D eigenvalue weighted by Gasteiger charge is 2.13. The van der Waals surface area contributed by atoms with E-state index in [9.17, 15) is 0 Å². The molecule has 0 aliphatic carbocycles. The van der Waals surface area contributed by atoms with Crippen LogP contribution in [0.5, 0.6) is 11.5 Å². The monoisotopic (exact) mass is 452 g/mol. The maximum absolute atomic E-state index is 6.56. The Balaban J connectivity index is 1.38. The van der Waals surface area contributed by atoms with E-state index < -0.39 is 0 Å². The number of ether oxygens (including phenoxy) is 3. The van der Waals surface area contributed by atoms with Crippen molar-refractivity contribution >= 4 is 23.0 Å². The zero-order valence-corrected chi connectivity index (χ0v) is 19.3. The van der Waals surface area contributed by atoms with Gasteiger partial charge in [0.1, 0.15) is 6.61 Å². The van der Waals surface area contributed by atoms with Crippen molar-refractivity contribution in [3.05, 3.63) is 82.4 Å². The third-order valence-corrected chi connectivity index (χ3v) is 5.93. The van der Waals surface area contributed by atoms with E-state index in [1.165, 1.54) is 11.3 Å². The Hall–Kier alpha value is -2.89. The number of halogens is 1. The second-order valence-corrected chi connectivity index (χ2v) is 8.28. The predicted molar refractivity (Wildman–Crippen MR) is 130 cm³/mol. The van der Waals surface area contributed by atoms with Crippen molar-refractivity contribution < 1.29 is 14.2 Å². The van der Waals surface area contributed by atoms with Crippen molar-refractivity contribution in [3.63, 3.8) is 0 Å². The molecule has 0 unspecified atom stereocenters. The average Bonchev–Trinajstić information content (AvgIpc) is 2.84. The minimum Gasteiger partial charge on any atom is -0.493 e. The number of hydrogen-bond donors (Lipinski definition) is 1. The first-order valence-electron chi connectivity index (χ1n) is 10.8. The molecule has 0 spiro atoms. The van der Waals surface area contributed by atoms with Gasteiger partial charge in [-0.15, -0.1) is 0 Å². The number of nitrogens with one attached hydrogen (secondary N) is 1. The van der Waals surface area contributed by atoms with Gasteiger partial charge < -0.3 is 24.4 Å². The molecule has 0 atom stereocenters. The summed E-state index contributed by atoms with van der Waals surface area (Å²) in [5.41, 5.74) is 5.52. The van der Waals surface area contributed by atoms with Crippen LogP contribution in [0, 0.1) is 6.92 Å². The van der Waals surface area contributed by atoms with E-state index in [1.807, 2.05) is 12.1 Å². The number of nitrogens with zero attached hydrogens (tertiary/aromatic N) is 1. The minimum absolute atomic E-state index is 0.458. The van der Waals surface area contributed by atoms with Crippen molar-refractivity contribution in [1.82, 2.24) is 0 Å². The summed E-state index contributed by atoms with van der Waals surface area (Å²) in [6, 6.07) is 20.5. The summed E-state index contributed by atoms with van der Waals surface area (Å²) in [4.78, 5) is 2.34. The molecule has 0 saturated carbocycles. The molecule has 1 N–H and O–H groups in total. The molecule has 1 fully saturated rings. The lowest BCUT2D eigenvalue weighted by Crippen LogP contribution is -2.36. The number of methoxy groups -OCH3 is 1. The van der Waals surface area contributed by atoms with E-state index in [0.717, 1.165) is 43.1 Å². The Labute approximate surface area is 194 Å². The van der Waals surface area contributed by atoms with Gasteiger partial charge in [-0.2, -0.15) is 0 Å². The summed E-state index contributed by atoms with van der Waals surface area (Å²) in [6.07, 6.45) is 0. The van der Waals surface area contributed by atoms with E-state index in [0.29, 0.717) is 29.7 Å². The fourth-order valence-corrected chi connectivity index (χ4v) is 3.86. The molecule has 1 aliphatic rings. The normalized spacial score (nSPS) is 13.7. The Bertz CT molecular complexity index is 1020. The second kappa shape index (κ2) is 10.6. The van der Waals surface area contributed by atoms with Gasteiger partial charge in [0.2, 0.25) is 0 Å². The molecule has 1 heterocycles. The van der Waals surface area contributed by atoms with Crippen LogP contribution in [0.4, 0.5) is 11.4 Å². The van der Waals surface area contributed by atoms with E-state index in [4.69, 9.17) is 25.8 Å². The van der Waals surface area contributed by atoms with Crippen molar-refractivity contribution in [1.29, 1.82) is 0 Å². The molecule has 4 rings (SSSR count). The van der Waals surface area contributed by atoms with E-state index in [-0.39, 0.29) is 0 Å². The maximum atomic E-state index is 6.56. The molecule has 3 aromatic rings. The molecule has 0 radical (unpaired) electrons. The first-order chi connectivity index (χ1) is 15.6. The van der Waals surface area contributed by atoms with Crippen LogP contribution in [-0.2, 0) is 17.9 Å². The summed E-state index contributed by atoms with van der Waals surface area (Å²) in [7, 11) is 1.64. The molecule has 3 aromatic carbocycles. The van der Waals surface area contributed by atoms with Gasteiger partial charge in [0.25, 0.3) is 0 Å². The smallest absolute Gasteiger partial charge is 0.163 e. The quantitative estimate of drug-likeness (QED) is 0.476. The maximum Gasteiger partial charge on any atom is 0.163 e. The number of aryl methyl sites for hydroxylation is 1. The number of hydrogen-bond acceptors (Lipinski definition) is 5. The highest BCUT2D eigenvalue weighted by atomic mass is 35.5. The van der Waals surface area contributed by atoms with Gasteiger partial charge in [0, 0.05) is 42.1 Å². The molecule has 5 nitrogen and oxygen atoms in total. The Morgan fingerprint density at radius 3 is 2.38 bits per heavy atom. The predicted octanol–water partition coefficient (Wildman–Crippen LogP) is 5.68. The summed E-state index contributed by atoms with van der Waals surface area (Å²) in [5.74, 6) is 1.30. The standard InChI is InChI=1S/C26H29ClN2O3/c1-19-3-5-20(6-4-19)18-32-26-16-24(27)21(15-25(26)30-2)17-28-22-7-9-23(10-8-22)29-11-13-31-14-12-29/h3-10,15-16,28H,11-14,17-18H2,1-2H3. The fraction of sp³-hybridized carbons (Fsp3) is 0.308. The summed E-state index contributed by atoms with van der Waals surface area (Å²) in [5, 5.41) is 4.08. The zero-order chi connectivity index (χ0) is 22.3. The van der Waals surface area contributed by atoms with Crippen molar-refractivity contribution in [2.24, 2.45) is 0 Å².